The molecule has 2 rings (SSSR count). The van der Waals surface area contributed by atoms with E-state index in [0.29, 0.717) is 23.6 Å². The summed E-state index contributed by atoms with van der Waals surface area (Å²) in [7, 11) is 0. The van der Waals surface area contributed by atoms with Crippen molar-refractivity contribution in [3.05, 3.63) is 46.1 Å². The van der Waals surface area contributed by atoms with E-state index in [1.807, 2.05) is 13.8 Å². The van der Waals surface area contributed by atoms with Crippen molar-refractivity contribution in [1.29, 1.82) is 0 Å². The molecule has 0 unspecified atom stereocenters. The lowest BCUT2D eigenvalue weighted by molar-refractivity contribution is -0.120. The molecule has 0 spiro atoms. The molecule has 4 N–H and O–H groups in total. The second-order valence-corrected chi connectivity index (χ2v) is 6.24. The van der Waals surface area contributed by atoms with E-state index < -0.39 is 5.54 Å². The summed E-state index contributed by atoms with van der Waals surface area (Å²) in [6.45, 7) is 6.10. The van der Waals surface area contributed by atoms with Crippen LogP contribution in [0.5, 0.6) is 0 Å². The lowest BCUT2D eigenvalue weighted by Gasteiger charge is -2.26. The third kappa shape index (κ3) is 6.61. The second-order valence-electron chi connectivity index (χ2n) is 6.24. The number of H-pyrrole nitrogens is 1. The highest BCUT2D eigenvalue weighted by Crippen LogP contribution is 2.13. The topological polar surface area (TPSA) is 114 Å². The predicted octanol–water partition coefficient (Wildman–Crippen LogP) is 2.16. The van der Waals surface area contributed by atoms with Crippen molar-refractivity contribution >= 4 is 30.7 Å². The molecule has 2 heterocycles. The minimum absolute atomic E-state index is 0. The lowest BCUT2D eigenvalue weighted by Crippen LogP contribution is -2.49. The van der Waals surface area contributed by atoms with Crippen molar-refractivity contribution in [3.63, 3.8) is 0 Å². The maximum Gasteiger partial charge on any atom is 0.255 e. The van der Waals surface area contributed by atoms with Gasteiger partial charge in [0.15, 0.2) is 0 Å². The standard InChI is InChI=1S/C18H25N5O2.2ClH/c1-4-18(19,5-2)11-21-15(24)10-14-12(3)22-16(23-17(14)25)13-6-8-20-9-7-13;;/h6-9H,4-5,10-11,19H2,1-3H3,(H,21,24)(H,22,23,25);2*1H. The molecule has 0 saturated carbocycles. The SMILES string of the molecule is CCC(N)(CC)CNC(=O)Cc1c(C)nc(-c2ccncc2)[nH]c1=O.Cl.Cl. The number of pyridine rings is 1. The summed E-state index contributed by atoms with van der Waals surface area (Å²) in [5, 5.41) is 2.82. The minimum Gasteiger partial charge on any atom is -0.354 e. The number of hydrogen-bond acceptors (Lipinski definition) is 5. The number of carbonyl (C=O) groups excluding carboxylic acids is 1. The molecular weight excluding hydrogens is 389 g/mol. The first-order valence-corrected chi connectivity index (χ1v) is 8.44. The summed E-state index contributed by atoms with van der Waals surface area (Å²) >= 11 is 0. The highest BCUT2D eigenvalue weighted by atomic mass is 35.5. The number of carbonyl (C=O) groups is 1. The Labute approximate surface area is 171 Å². The smallest absolute Gasteiger partial charge is 0.255 e. The number of halogens is 2. The summed E-state index contributed by atoms with van der Waals surface area (Å²) in [5.41, 5.74) is 7.13. The van der Waals surface area contributed by atoms with Gasteiger partial charge in [0.1, 0.15) is 5.82 Å². The van der Waals surface area contributed by atoms with E-state index in [1.165, 1.54) is 0 Å². The molecule has 0 aliphatic heterocycles. The van der Waals surface area contributed by atoms with Gasteiger partial charge in [0.05, 0.1) is 6.42 Å². The molecule has 0 saturated heterocycles. The summed E-state index contributed by atoms with van der Waals surface area (Å²) in [4.78, 5) is 35.7. The third-order valence-electron chi connectivity index (χ3n) is 4.56. The van der Waals surface area contributed by atoms with Gasteiger partial charge in [0.25, 0.3) is 5.56 Å². The van der Waals surface area contributed by atoms with Crippen LogP contribution in [0, 0.1) is 6.92 Å². The van der Waals surface area contributed by atoms with Gasteiger partial charge < -0.3 is 16.0 Å². The van der Waals surface area contributed by atoms with E-state index in [9.17, 15) is 9.59 Å². The van der Waals surface area contributed by atoms with Gasteiger partial charge in [-0.2, -0.15) is 0 Å². The van der Waals surface area contributed by atoms with E-state index in [2.05, 4.69) is 20.3 Å². The number of hydrogen-bond donors (Lipinski definition) is 3. The fourth-order valence-electron chi connectivity index (χ4n) is 2.46. The van der Waals surface area contributed by atoms with Gasteiger partial charge in [-0.3, -0.25) is 14.6 Å². The Bertz CT molecular complexity index is 792. The highest BCUT2D eigenvalue weighted by Gasteiger charge is 2.21. The number of aromatic amines is 1. The quantitative estimate of drug-likeness (QED) is 0.640. The number of nitrogens with two attached hydrogens (primary N) is 1. The van der Waals surface area contributed by atoms with Crippen molar-refractivity contribution in [2.24, 2.45) is 5.73 Å². The van der Waals surface area contributed by atoms with Crippen molar-refractivity contribution in [1.82, 2.24) is 20.3 Å². The van der Waals surface area contributed by atoms with E-state index >= 15 is 0 Å². The molecule has 9 heteroatoms. The molecule has 2 aromatic heterocycles. The van der Waals surface area contributed by atoms with Crippen LogP contribution >= 0.6 is 24.8 Å². The Kier molecular flexibility index (Phi) is 10.2. The second kappa shape index (κ2) is 11.0. The molecule has 0 aliphatic carbocycles. The van der Waals surface area contributed by atoms with Crippen LogP contribution in [0.1, 0.15) is 37.9 Å². The monoisotopic (exact) mass is 415 g/mol. The lowest BCUT2D eigenvalue weighted by atomic mass is 9.94. The zero-order valence-electron chi connectivity index (χ0n) is 15.7. The molecule has 2 aromatic rings. The Morgan fingerprint density at radius 1 is 1.22 bits per heavy atom. The number of aromatic nitrogens is 3. The molecule has 27 heavy (non-hydrogen) atoms. The molecule has 1 amide bonds. The maximum atomic E-state index is 12.4. The molecule has 0 radical (unpaired) electrons. The summed E-state index contributed by atoms with van der Waals surface area (Å²) < 4.78 is 0. The minimum atomic E-state index is -0.416. The van der Waals surface area contributed by atoms with Crippen LogP contribution in [-0.2, 0) is 11.2 Å². The van der Waals surface area contributed by atoms with Gasteiger partial charge in [-0.05, 0) is 31.9 Å². The van der Waals surface area contributed by atoms with Gasteiger partial charge in [-0.25, -0.2) is 4.98 Å². The van der Waals surface area contributed by atoms with Gasteiger partial charge in [0, 0.05) is 41.3 Å². The zero-order chi connectivity index (χ0) is 18.4. The number of aryl methyl sites for hydroxylation is 1. The maximum absolute atomic E-state index is 12.4. The van der Waals surface area contributed by atoms with Crippen LogP contribution in [-0.4, -0.2) is 32.9 Å². The Morgan fingerprint density at radius 3 is 2.33 bits per heavy atom. The fourth-order valence-corrected chi connectivity index (χ4v) is 2.46. The van der Waals surface area contributed by atoms with Crippen molar-refractivity contribution in [3.8, 4) is 11.4 Å². The van der Waals surface area contributed by atoms with Crippen molar-refractivity contribution in [2.45, 2.75) is 45.6 Å². The molecule has 150 valence electrons. The predicted molar refractivity (Wildman–Crippen MR) is 112 cm³/mol. The van der Waals surface area contributed by atoms with Gasteiger partial charge in [-0.15, -0.1) is 24.8 Å². The van der Waals surface area contributed by atoms with E-state index in [-0.39, 0.29) is 42.7 Å². The van der Waals surface area contributed by atoms with Gasteiger partial charge >= 0.3 is 0 Å². The number of nitrogens with zero attached hydrogens (tertiary/aromatic N) is 2. The molecule has 7 nitrogen and oxygen atoms in total. The first-order valence-electron chi connectivity index (χ1n) is 8.44. The first kappa shape index (κ1) is 25.0. The van der Waals surface area contributed by atoms with Crippen molar-refractivity contribution < 1.29 is 4.79 Å². The molecule has 0 fully saturated rings. The molecule has 0 aliphatic rings. The number of nitrogens with one attached hydrogen (secondary N) is 2. The van der Waals surface area contributed by atoms with Crippen LogP contribution in [0.15, 0.2) is 29.3 Å². The molecular formula is C18H27Cl2N5O2. The fraction of sp³-hybridized carbons (Fsp3) is 0.444. The van der Waals surface area contributed by atoms with Gasteiger partial charge in [0.2, 0.25) is 5.91 Å². The summed E-state index contributed by atoms with van der Waals surface area (Å²) in [6, 6.07) is 3.53. The highest BCUT2D eigenvalue weighted by molar-refractivity contribution is 5.85. The summed E-state index contributed by atoms with van der Waals surface area (Å²) in [6.07, 6.45) is 4.78. The zero-order valence-corrected chi connectivity index (χ0v) is 17.4. The Balaban J connectivity index is 0.00000338. The first-order chi connectivity index (χ1) is 11.9. The van der Waals surface area contributed by atoms with Gasteiger partial charge in [-0.1, -0.05) is 13.8 Å². The normalized spacial score (nSPS) is 10.5. The Morgan fingerprint density at radius 2 is 1.81 bits per heavy atom. The van der Waals surface area contributed by atoms with Crippen LogP contribution in [0.4, 0.5) is 0 Å². The number of amides is 1. The third-order valence-corrected chi connectivity index (χ3v) is 4.56. The van der Waals surface area contributed by atoms with Crippen LogP contribution in [0.25, 0.3) is 11.4 Å². The van der Waals surface area contributed by atoms with E-state index in [0.717, 1.165) is 18.4 Å². The summed E-state index contributed by atoms with van der Waals surface area (Å²) in [5.74, 6) is 0.232. The van der Waals surface area contributed by atoms with E-state index in [4.69, 9.17) is 5.73 Å². The van der Waals surface area contributed by atoms with E-state index in [1.54, 1.807) is 31.5 Å². The average molecular weight is 416 g/mol. The van der Waals surface area contributed by atoms with Crippen molar-refractivity contribution in [2.75, 3.05) is 6.54 Å². The molecule has 0 atom stereocenters. The Hall–Kier alpha value is -1.96. The van der Waals surface area contributed by atoms with Crippen LogP contribution < -0.4 is 16.6 Å². The largest absolute Gasteiger partial charge is 0.354 e. The average Bonchev–Trinajstić information content (AvgIpc) is 2.63. The number of rotatable bonds is 7. The molecule has 0 aromatic carbocycles. The molecule has 0 bridgehead atoms. The van der Waals surface area contributed by atoms with Crippen LogP contribution in [0.3, 0.4) is 0 Å². The van der Waals surface area contributed by atoms with Crippen LogP contribution in [0.2, 0.25) is 0 Å².